The molecule has 0 spiro atoms. The van der Waals surface area contributed by atoms with Crippen LogP contribution in [0.15, 0.2) is 10.7 Å². The van der Waals surface area contributed by atoms with Crippen LogP contribution in [0.2, 0.25) is 0 Å². The van der Waals surface area contributed by atoms with Crippen molar-refractivity contribution in [1.82, 2.24) is 0 Å². The van der Waals surface area contributed by atoms with Crippen molar-refractivity contribution in [2.45, 2.75) is 26.7 Å². The van der Waals surface area contributed by atoms with Crippen LogP contribution in [-0.4, -0.2) is 12.1 Å². The molecule has 60 valence electrons. The molecule has 0 amide bonds. The Bertz CT molecular complexity index is 132. The van der Waals surface area contributed by atoms with Crippen LogP contribution in [-0.2, 0) is 0 Å². The molecule has 0 aromatic carbocycles. The van der Waals surface area contributed by atoms with E-state index in [1.54, 1.807) is 0 Å². The van der Waals surface area contributed by atoms with Gasteiger partial charge in [0.2, 0.25) is 0 Å². The van der Waals surface area contributed by atoms with Gasteiger partial charge in [-0.05, 0) is 0 Å². The van der Waals surface area contributed by atoms with Crippen LogP contribution in [0.3, 0.4) is 0 Å². The van der Waals surface area contributed by atoms with E-state index in [2.05, 4.69) is 17.3 Å². The Kier molecular flexibility index (Phi) is 14.0. The maximum Gasteiger partial charge on any atom is 2.00 e. The van der Waals surface area contributed by atoms with Gasteiger partial charge in [0, 0.05) is 0 Å². The van der Waals surface area contributed by atoms with E-state index in [-0.39, 0.29) is 31.1 Å². The van der Waals surface area contributed by atoms with Crippen LogP contribution in [0.25, 0.3) is 0 Å². The third-order valence-corrected chi connectivity index (χ3v) is 1.11. The quantitative estimate of drug-likeness (QED) is 0.394. The minimum atomic E-state index is 0. The van der Waals surface area contributed by atoms with E-state index in [1.807, 2.05) is 13.8 Å². The van der Waals surface area contributed by atoms with Crippen LogP contribution in [0.4, 0.5) is 0 Å². The molecule has 0 aromatic rings. The largest absolute Gasteiger partial charge is 2.00 e. The summed E-state index contributed by atoms with van der Waals surface area (Å²) in [5.41, 5.74) is 0.900. The SMILES string of the molecule is CC[C-]=NC(=[C-]CCl)CC.[U+2]. The maximum atomic E-state index is 5.43. The molecule has 0 bridgehead atoms. The number of hydrogen-bond acceptors (Lipinski definition) is 1. The molecule has 11 heavy (non-hydrogen) atoms. The topological polar surface area (TPSA) is 12.4 Å². The molecule has 0 aliphatic heterocycles. The van der Waals surface area contributed by atoms with Crippen LogP contribution < -0.4 is 0 Å². The summed E-state index contributed by atoms with van der Waals surface area (Å²) >= 11 is 5.43. The summed E-state index contributed by atoms with van der Waals surface area (Å²) in [6, 6.07) is 0. The van der Waals surface area contributed by atoms with Gasteiger partial charge >= 0.3 is 31.1 Å². The number of hydrogen-bond donors (Lipinski definition) is 0. The van der Waals surface area contributed by atoms with Crippen LogP contribution in [0, 0.1) is 37.2 Å². The molecule has 0 heterocycles. The molecule has 0 saturated heterocycles. The molecule has 3 heteroatoms. The van der Waals surface area contributed by atoms with E-state index in [9.17, 15) is 0 Å². The molecular weight excluding hydrogens is 384 g/mol. The fourth-order valence-corrected chi connectivity index (χ4v) is 0.649. The molecule has 0 radical (unpaired) electrons. The summed E-state index contributed by atoms with van der Waals surface area (Å²) in [5.74, 6) is 0.415. The monoisotopic (exact) mass is 395 g/mol. The Hall–Kier alpha value is 0.752. The van der Waals surface area contributed by atoms with Gasteiger partial charge in [0.1, 0.15) is 0 Å². The number of nitrogens with zero attached hydrogens (tertiary/aromatic N) is 1. The zero-order chi connectivity index (χ0) is 7.82. The van der Waals surface area contributed by atoms with Gasteiger partial charge in [-0.15, -0.1) is 12.3 Å². The van der Waals surface area contributed by atoms with E-state index in [4.69, 9.17) is 11.6 Å². The Morgan fingerprint density at radius 3 is 2.45 bits per heavy atom. The first-order chi connectivity index (χ1) is 4.85. The standard InChI is InChI=1S/C8H12ClN.U/c1-3-7-10-8(4-2)5-6-9;/h3-4,6H2,1-2H3;/q-2;+2. The average molecular weight is 396 g/mol. The van der Waals surface area contributed by atoms with E-state index >= 15 is 0 Å². The first-order valence-corrected chi connectivity index (χ1v) is 3.97. The summed E-state index contributed by atoms with van der Waals surface area (Å²) in [4.78, 5) is 4.02. The van der Waals surface area contributed by atoms with Crippen molar-refractivity contribution in [2.75, 3.05) is 5.88 Å². The zero-order valence-corrected chi connectivity index (χ0v) is 11.9. The third-order valence-electron chi connectivity index (χ3n) is 0.978. The summed E-state index contributed by atoms with van der Waals surface area (Å²) in [7, 11) is 0. The van der Waals surface area contributed by atoms with Crippen molar-refractivity contribution in [3.05, 3.63) is 11.8 Å². The minimum absolute atomic E-state index is 0. The normalized spacial score (nSPS) is 11.7. The average Bonchev–Trinajstić information content (AvgIpc) is 1.98. The van der Waals surface area contributed by atoms with Gasteiger partial charge in [0.15, 0.2) is 0 Å². The Balaban J connectivity index is 0. The van der Waals surface area contributed by atoms with Gasteiger partial charge < -0.3 is 11.1 Å². The molecule has 0 aliphatic rings. The first kappa shape index (κ1) is 14.3. The van der Waals surface area contributed by atoms with Gasteiger partial charge in [0.25, 0.3) is 0 Å². The van der Waals surface area contributed by atoms with Crippen molar-refractivity contribution in [2.24, 2.45) is 4.99 Å². The van der Waals surface area contributed by atoms with Crippen molar-refractivity contribution >= 4 is 17.8 Å². The first-order valence-electron chi connectivity index (χ1n) is 3.44. The molecule has 0 atom stereocenters. The summed E-state index contributed by atoms with van der Waals surface area (Å²) in [5, 5.41) is 0. The van der Waals surface area contributed by atoms with E-state index in [0.29, 0.717) is 5.88 Å². The van der Waals surface area contributed by atoms with E-state index in [1.165, 1.54) is 0 Å². The van der Waals surface area contributed by atoms with Crippen molar-refractivity contribution in [1.29, 1.82) is 0 Å². The van der Waals surface area contributed by atoms with E-state index < -0.39 is 0 Å². The molecule has 0 N–H and O–H groups in total. The van der Waals surface area contributed by atoms with E-state index in [0.717, 1.165) is 18.5 Å². The summed E-state index contributed by atoms with van der Waals surface area (Å²) in [6.45, 7) is 4.02. The fourth-order valence-electron chi connectivity index (χ4n) is 0.495. The van der Waals surface area contributed by atoms with Crippen LogP contribution >= 0.6 is 11.6 Å². The van der Waals surface area contributed by atoms with Crippen LogP contribution in [0.1, 0.15) is 26.7 Å². The third kappa shape index (κ3) is 8.66. The number of allylic oxidation sites excluding steroid dienone is 2. The smallest absolute Gasteiger partial charge is 0.565 e. The van der Waals surface area contributed by atoms with Gasteiger partial charge in [-0.25, -0.2) is 0 Å². The van der Waals surface area contributed by atoms with Crippen molar-refractivity contribution < 1.29 is 31.1 Å². The predicted molar refractivity (Wildman–Crippen MR) is 45.5 cm³/mol. The molecular formula is C8H12ClNU. The van der Waals surface area contributed by atoms with Gasteiger partial charge in [-0.3, -0.25) is 5.70 Å². The zero-order valence-electron chi connectivity index (χ0n) is 6.95. The molecule has 0 aliphatic carbocycles. The number of halogens is 1. The number of alkyl halides is 1. The summed E-state index contributed by atoms with van der Waals surface area (Å²) in [6.07, 6.45) is 7.49. The summed E-state index contributed by atoms with van der Waals surface area (Å²) < 4.78 is 0. The Morgan fingerprint density at radius 1 is 1.45 bits per heavy atom. The Morgan fingerprint density at radius 2 is 2.09 bits per heavy atom. The fraction of sp³-hybridized carbons (Fsp3) is 0.625. The molecule has 0 fully saturated rings. The maximum absolute atomic E-state index is 5.43. The molecule has 0 unspecified atom stereocenters. The molecule has 0 saturated carbocycles. The second kappa shape index (κ2) is 10.8. The van der Waals surface area contributed by atoms with Crippen molar-refractivity contribution in [3.63, 3.8) is 0 Å². The molecule has 1 nitrogen and oxygen atoms in total. The van der Waals surface area contributed by atoms with Crippen LogP contribution in [0.5, 0.6) is 0 Å². The molecule has 0 aromatic heterocycles. The number of aliphatic imine (C=N–C) groups is 1. The van der Waals surface area contributed by atoms with Gasteiger partial charge in [-0.1, -0.05) is 20.3 Å². The number of rotatable bonds is 4. The minimum Gasteiger partial charge on any atom is -0.565 e. The van der Waals surface area contributed by atoms with Gasteiger partial charge in [0.05, 0.1) is 0 Å². The second-order valence-electron chi connectivity index (χ2n) is 1.73. The Labute approximate surface area is 97.7 Å². The second-order valence-corrected chi connectivity index (χ2v) is 2.00. The van der Waals surface area contributed by atoms with Gasteiger partial charge in [-0.2, -0.15) is 17.8 Å². The predicted octanol–water partition coefficient (Wildman–Crippen LogP) is 2.68. The molecule has 0 rings (SSSR count). The van der Waals surface area contributed by atoms with Crippen molar-refractivity contribution in [3.8, 4) is 0 Å².